The lowest BCUT2D eigenvalue weighted by atomic mass is 10.2. The summed E-state index contributed by atoms with van der Waals surface area (Å²) in [5.74, 6) is -0.587. The molecule has 0 aliphatic rings. The van der Waals surface area contributed by atoms with E-state index < -0.39 is 12.1 Å². The Bertz CT molecular complexity index is 534. The maximum Gasteiger partial charge on any atom is 0.344 e. The third-order valence-electron chi connectivity index (χ3n) is 2.71. The molecule has 0 saturated carbocycles. The van der Waals surface area contributed by atoms with Crippen LogP contribution >= 0.6 is 45.2 Å². The van der Waals surface area contributed by atoms with Gasteiger partial charge in [-0.05, 0) is 70.2 Å². The molecule has 1 unspecified atom stereocenters. The van der Waals surface area contributed by atoms with Crippen molar-refractivity contribution in [3.05, 3.63) is 19.3 Å². The Morgan fingerprint density at radius 3 is 2.52 bits per heavy atom. The molecule has 1 aromatic carbocycles. The highest BCUT2D eigenvalue weighted by Crippen LogP contribution is 2.33. The number of carboxylic acid groups (broad SMARTS) is 1. The molecule has 5 nitrogen and oxygen atoms in total. The minimum Gasteiger partial charge on any atom is -0.479 e. The van der Waals surface area contributed by atoms with Gasteiger partial charge >= 0.3 is 5.97 Å². The largest absolute Gasteiger partial charge is 0.479 e. The molecular weight excluding hydrogens is 500 g/mol. The number of hydrogen-bond donors (Lipinski definition) is 2. The lowest BCUT2D eigenvalue weighted by Crippen LogP contribution is -2.26. The van der Waals surface area contributed by atoms with E-state index in [9.17, 15) is 9.59 Å². The van der Waals surface area contributed by atoms with Crippen LogP contribution in [-0.2, 0) is 9.59 Å². The maximum atomic E-state index is 11.8. The molecule has 1 rings (SSSR count). The molecule has 0 heterocycles. The van der Waals surface area contributed by atoms with Crippen LogP contribution in [0.3, 0.4) is 0 Å². The van der Waals surface area contributed by atoms with E-state index in [0.29, 0.717) is 27.8 Å². The Balaban J connectivity index is 3.03. The molecule has 116 valence electrons. The van der Waals surface area contributed by atoms with E-state index in [1.807, 2.05) is 6.92 Å². The van der Waals surface area contributed by atoms with E-state index in [-0.39, 0.29) is 5.91 Å². The number of ether oxygens (including phenoxy) is 1. The Morgan fingerprint density at radius 2 is 2.00 bits per heavy atom. The van der Waals surface area contributed by atoms with Crippen molar-refractivity contribution < 1.29 is 19.4 Å². The Morgan fingerprint density at radius 1 is 1.33 bits per heavy atom. The first kappa shape index (κ1) is 18.5. The van der Waals surface area contributed by atoms with Gasteiger partial charge in [-0.25, -0.2) is 4.79 Å². The van der Waals surface area contributed by atoms with Gasteiger partial charge in [-0.2, -0.15) is 0 Å². The Labute approximate surface area is 151 Å². The number of benzene rings is 1. The van der Waals surface area contributed by atoms with E-state index >= 15 is 0 Å². The van der Waals surface area contributed by atoms with Gasteiger partial charge in [0.25, 0.3) is 0 Å². The molecule has 1 amide bonds. The number of rotatable bonds is 7. The van der Waals surface area contributed by atoms with Crippen LogP contribution in [-0.4, -0.2) is 23.1 Å². The van der Waals surface area contributed by atoms with Gasteiger partial charge in [0.05, 0.1) is 9.26 Å². The lowest BCUT2D eigenvalue weighted by molar-refractivity contribution is -0.145. The summed E-state index contributed by atoms with van der Waals surface area (Å²) in [4.78, 5) is 22.8. The normalized spacial score (nSPS) is 11.8. The first-order chi connectivity index (χ1) is 9.90. The van der Waals surface area contributed by atoms with Gasteiger partial charge in [-0.15, -0.1) is 0 Å². The van der Waals surface area contributed by atoms with Crippen molar-refractivity contribution in [2.24, 2.45) is 0 Å². The zero-order valence-electron chi connectivity index (χ0n) is 11.8. The number of carbonyl (C=O) groups excluding carboxylic acids is 1. The van der Waals surface area contributed by atoms with Gasteiger partial charge < -0.3 is 15.2 Å². The number of aliphatic carboxylic acids is 1. The minimum atomic E-state index is -0.997. The quantitative estimate of drug-likeness (QED) is 0.539. The van der Waals surface area contributed by atoms with E-state index in [0.717, 1.165) is 9.99 Å². The predicted octanol–water partition coefficient (Wildman–Crippen LogP) is 3.88. The summed E-state index contributed by atoms with van der Waals surface area (Å²) in [6.45, 7) is 3.69. The second-order valence-electron chi connectivity index (χ2n) is 4.39. The summed E-state index contributed by atoms with van der Waals surface area (Å²) < 4.78 is 7.13. The van der Waals surface area contributed by atoms with Gasteiger partial charge in [0, 0.05) is 9.99 Å². The summed E-state index contributed by atoms with van der Waals surface area (Å²) in [7, 11) is 0. The molecule has 2 N–H and O–H groups in total. The third kappa shape index (κ3) is 5.28. The fourth-order valence-electron chi connectivity index (χ4n) is 1.63. The number of carboxylic acids is 1. The molecule has 21 heavy (non-hydrogen) atoms. The van der Waals surface area contributed by atoms with Gasteiger partial charge in [-0.3, -0.25) is 4.79 Å². The van der Waals surface area contributed by atoms with Crippen molar-refractivity contribution in [2.45, 2.75) is 39.2 Å². The molecular formula is C14H17I2NO4. The van der Waals surface area contributed by atoms with Crippen LogP contribution < -0.4 is 10.1 Å². The van der Waals surface area contributed by atoms with Gasteiger partial charge in [0.1, 0.15) is 5.75 Å². The van der Waals surface area contributed by atoms with Gasteiger partial charge in [0.2, 0.25) is 5.91 Å². The molecule has 1 aromatic rings. The molecule has 7 heteroatoms. The van der Waals surface area contributed by atoms with Crippen molar-refractivity contribution in [3.63, 3.8) is 0 Å². The molecule has 0 aliphatic heterocycles. The monoisotopic (exact) mass is 517 g/mol. The van der Waals surface area contributed by atoms with Crippen molar-refractivity contribution in [1.82, 2.24) is 0 Å². The number of amides is 1. The molecule has 0 fully saturated rings. The molecule has 0 aromatic heterocycles. The first-order valence-corrected chi connectivity index (χ1v) is 8.73. The first-order valence-electron chi connectivity index (χ1n) is 6.58. The second kappa shape index (κ2) is 8.76. The molecule has 0 aliphatic carbocycles. The predicted molar refractivity (Wildman–Crippen MR) is 97.8 cm³/mol. The van der Waals surface area contributed by atoms with E-state index in [2.05, 4.69) is 50.5 Å². The fourth-order valence-corrected chi connectivity index (χ4v) is 3.46. The van der Waals surface area contributed by atoms with E-state index in [1.54, 1.807) is 19.1 Å². The molecule has 0 radical (unpaired) electrons. The summed E-state index contributed by atoms with van der Waals surface area (Å²) in [6, 6.07) is 3.53. The topological polar surface area (TPSA) is 75.6 Å². The number of hydrogen-bond acceptors (Lipinski definition) is 3. The third-order valence-corrected chi connectivity index (χ3v) is 4.68. The van der Waals surface area contributed by atoms with Gasteiger partial charge in [0.15, 0.2) is 6.10 Å². The number of nitrogens with one attached hydrogen (secondary N) is 1. The zero-order chi connectivity index (χ0) is 16.0. The second-order valence-corrected chi connectivity index (χ2v) is 6.63. The Hall–Kier alpha value is -0.580. The average Bonchev–Trinajstić information content (AvgIpc) is 2.42. The average molecular weight is 517 g/mol. The smallest absolute Gasteiger partial charge is 0.344 e. The standard InChI is InChI=1S/C14H17I2NO4/c1-3-5-11(18)17-13-8(15)6-7-10(12(13)16)21-9(4-2)14(19)20/h6-7,9H,3-5H2,1-2H3,(H,17,18)(H,19,20). The Kier molecular flexibility index (Phi) is 7.71. The highest BCUT2D eigenvalue weighted by atomic mass is 127. The van der Waals surface area contributed by atoms with Crippen LogP contribution in [0.2, 0.25) is 0 Å². The fraction of sp³-hybridized carbons (Fsp3) is 0.429. The summed E-state index contributed by atoms with van der Waals surface area (Å²) in [5, 5.41) is 11.9. The molecule has 1 atom stereocenters. The lowest BCUT2D eigenvalue weighted by Gasteiger charge is -2.17. The zero-order valence-corrected chi connectivity index (χ0v) is 16.1. The highest BCUT2D eigenvalue weighted by Gasteiger charge is 2.20. The number of carbonyl (C=O) groups is 2. The van der Waals surface area contributed by atoms with Gasteiger partial charge in [-0.1, -0.05) is 13.8 Å². The molecule has 0 saturated heterocycles. The summed E-state index contributed by atoms with van der Waals surface area (Å²) in [6.07, 6.45) is 0.697. The SMILES string of the molecule is CCCC(=O)Nc1c(I)ccc(OC(CC)C(=O)O)c1I. The van der Waals surface area contributed by atoms with Crippen LogP contribution in [0.15, 0.2) is 12.1 Å². The number of halogens is 2. The van der Waals surface area contributed by atoms with E-state index in [4.69, 9.17) is 9.84 Å². The molecule has 0 spiro atoms. The van der Waals surface area contributed by atoms with Crippen molar-refractivity contribution in [3.8, 4) is 5.75 Å². The van der Waals surface area contributed by atoms with Crippen LogP contribution in [0.5, 0.6) is 5.75 Å². The number of anilines is 1. The van der Waals surface area contributed by atoms with Crippen LogP contribution in [0, 0.1) is 7.14 Å². The van der Waals surface area contributed by atoms with Crippen molar-refractivity contribution in [2.75, 3.05) is 5.32 Å². The molecule has 0 bridgehead atoms. The van der Waals surface area contributed by atoms with E-state index in [1.165, 1.54) is 0 Å². The maximum absolute atomic E-state index is 11.8. The highest BCUT2D eigenvalue weighted by molar-refractivity contribution is 14.1. The summed E-state index contributed by atoms with van der Waals surface area (Å²) >= 11 is 4.19. The minimum absolute atomic E-state index is 0.0595. The summed E-state index contributed by atoms with van der Waals surface area (Å²) in [5.41, 5.74) is 0.674. The van der Waals surface area contributed by atoms with Crippen LogP contribution in [0.1, 0.15) is 33.1 Å². The van der Waals surface area contributed by atoms with Crippen molar-refractivity contribution >= 4 is 62.7 Å². The van der Waals surface area contributed by atoms with Crippen LogP contribution in [0.25, 0.3) is 0 Å². The van der Waals surface area contributed by atoms with Crippen molar-refractivity contribution in [1.29, 1.82) is 0 Å². The van der Waals surface area contributed by atoms with Crippen LogP contribution in [0.4, 0.5) is 5.69 Å².